The van der Waals surface area contributed by atoms with Crippen molar-refractivity contribution < 1.29 is 14.0 Å². The number of hydrogen-bond donors (Lipinski definition) is 1. The van der Waals surface area contributed by atoms with Crippen molar-refractivity contribution in [2.75, 3.05) is 14.2 Å². The fourth-order valence-electron chi connectivity index (χ4n) is 2.47. The monoisotopic (exact) mass is 290 g/mol. The molecule has 0 amide bonds. The van der Waals surface area contributed by atoms with E-state index in [1.165, 1.54) is 0 Å². The van der Waals surface area contributed by atoms with Crippen LogP contribution in [0.25, 0.3) is 0 Å². The molecular formula is C16H22N2O3. The van der Waals surface area contributed by atoms with Crippen LogP contribution >= 0.6 is 0 Å². The van der Waals surface area contributed by atoms with Gasteiger partial charge in [-0.2, -0.15) is 0 Å². The van der Waals surface area contributed by atoms with Crippen LogP contribution in [0.3, 0.4) is 0 Å². The van der Waals surface area contributed by atoms with Gasteiger partial charge >= 0.3 is 0 Å². The van der Waals surface area contributed by atoms with E-state index in [0.717, 1.165) is 40.6 Å². The van der Waals surface area contributed by atoms with E-state index < -0.39 is 0 Å². The predicted octanol–water partition coefficient (Wildman–Crippen LogP) is 3.16. The lowest BCUT2D eigenvalue weighted by Gasteiger charge is -2.15. The van der Waals surface area contributed by atoms with E-state index in [-0.39, 0.29) is 6.04 Å². The number of aryl methyl sites for hydroxylation is 2. The summed E-state index contributed by atoms with van der Waals surface area (Å²) in [4.78, 5) is 0. The van der Waals surface area contributed by atoms with Gasteiger partial charge in [0, 0.05) is 18.2 Å². The summed E-state index contributed by atoms with van der Waals surface area (Å²) >= 11 is 0. The van der Waals surface area contributed by atoms with Gasteiger partial charge in [-0.25, -0.2) is 0 Å². The highest BCUT2D eigenvalue weighted by atomic mass is 16.5. The van der Waals surface area contributed by atoms with Crippen LogP contribution < -0.4 is 14.8 Å². The summed E-state index contributed by atoms with van der Waals surface area (Å²) < 4.78 is 15.8. The molecule has 1 heterocycles. The second kappa shape index (κ2) is 6.63. The molecule has 2 aromatic rings. The third-order valence-corrected chi connectivity index (χ3v) is 3.58. The van der Waals surface area contributed by atoms with Crippen LogP contribution in [0.1, 0.15) is 35.5 Å². The number of benzene rings is 1. The Kier molecular flexibility index (Phi) is 4.85. The van der Waals surface area contributed by atoms with Gasteiger partial charge in [-0.3, -0.25) is 0 Å². The van der Waals surface area contributed by atoms with E-state index in [0.29, 0.717) is 0 Å². The van der Waals surface area contributed by atoms with Crippen molar-refractivity contribution in [1.29, 1.82) is 0 Å². The van der Waals surface area contributed by atoms with Crippen LogP contribution in [0.2, 0.25) is 0 Å². The van der Waals surface area contributed by atoms with Crippen molar-refractivity contribution in [3.05, 3.63) is 40.8 Å². The molecule has 0 aliphatic heterocycles. The topological polar surface area (TPSA) is 56.5 Å². The third kappa shape index (κ3) is 3.36. The lowest BCUT2D eigenvalue weighted by molar-refractivity contribution is 0.354. The molecule has 5 nitrogen and oxygen atoms in total. The fourth-order valence-corrected chi connectivity index (χ4v) is 2.47. The number of aromatic nitrogens is 1. The number of rotatable bonds is 6. The summed E-state index contributed by atoms with van der Waals surface area (Å²) in [7, 11) is 3.27. The summed E-state index contributed by atoms with van der Waals surface area (Å²) in [6.07, 6.45) is 0. The van der Waals surface area contributed by atoms with Crippen molar-refractivity contribution in [3.8, 4) is 11.5 Å². The SMILES string of the molecule is COc1ccc(CNC(C)c2c(C)noc2C)cc1OC. The molecule has 0 aliphatic carbocycles. The number of ether oxygens (including phenoxy) is 2. The molecule has 1 unspecified atom stereocenters. The standard InChI is InChI=1S/C16H22N2O3/c1-10(16-11(2)18-21-12(16)3)17-9-13-6-7-14(19-4)15(8-13)20-5/h6-8,10,17H,9H2,1-5H3. The maximum absolute atomic E-state index is 5.32. The Morgan fingerprint density at radius 3 is 2.48 bits per heavy atom. The van der Waals surface area contributed by atoms with Gasteiger partial charge in [0.1, 0.15) is 5.76 Å². The first-order chi connectivity index (χ1) is 10.1. The highest BCUT2D eigenvalue weighted by molar-refractivity contribution is 5.42. The van der Waals surface area contributed by atoms with Crippen LogP contribution in [0.5, 0.6) is 11.5 Å². The van der Waals surface area contributed by atoms with E-state index >= 15 is 0 Å². The van der Waals surface area contributed by atoms with Gasteiger partial charge in [-0.1, -0.05) is 11.2 Å². The van der Waals surface area contributed by atoms with Crippen molar-refractivity contribution in [2.24, 2.45) is 0 Å². The van der Waals surface area contributed by atoms with E-state index in [1.807, 2.05) is 32.0 Å². The van der Waals surface area contributed by atoms with Crippen molar-refractivity contribution in [2.45, 2.75) is 33.4 Å². The Morgan fingerprint density at radius 2 is 1.90 bits per heavy atom. The smallest absolute Gasteiger partial charge is 0.161 e. The van der Waals surface area contributed by atoms with Gasteiger partial charge in [0.05, 0.1) is 19.9 Å². The average Bonchev–Trinajstić information content (AvgIpc) is 2.83. The Morgan fingerprint density at radius 1 is 1.19 bits per heavy atom. The highest BCUT2D eigenvalue weighted by Gasteiger charge is 2.16. The van der Waals surface area contributed by atoms with Crippen molar-refractivity contribution in [3.63, 3.8) is 0 Å². The predicted molar refractivity (Wildman–Crippen MR) is 80.8 cm³/mol. The molecule has 2 rings (SSSR count). The molecule has 0 spiro atoms. The molecule has 5 heteroatoms. The zero-order chi connectivity index (χ0) is 15.4. The molecule has 1 N–H and O–H groups in total. The summed E-state index contributed by atoms with van der Waals surface area (Å²) in [6, 6.07) is 6.08. The van der Waals surface area contributed by atoms with Gasteiger partial charge in [0.2, 0.25) is 0 Å². The molecule has 0 bridgehead atoms. The van der Waals surface area contributed by atoms with Crippen molar-refractivity contribution >= 4 is 0 Å². The molecule has 0 fully saturated rings. The third-order valence-electron chi connectivity index (χ3n) is 3.58. The number of methoxy groups -OCH3 is 2. The van der Waals surface area contributed by atoms with Crippen molar-refractivity contribution in [1.82, 2.24) is 10.5 Å². The zero-order valence-electron chi connectivity index (χ0n) is 13.2. The van der Waals surface area contributed by atoms with E-state index in [1.54, 1.807) is 14.2 Å². The minimum absolute atomic E-state index is 0.171. The van der Waals surface area contributed by atoms with E-state index in [9.17, 15) is 0 Å². The quantitative estimate of drug-likeness (QED) is 0.885. The van der Waals surface area contributed by atoms with E-state index in [4.69, 9.17) is 14.0 Å². The Balaban J connectivity index is 2.06. The van der Waals surface area contributed by atoms with Gasteiger partial charge in [-0.05, 0) is 38.5 Å². The highest BCUT2D eigenvalue weighted by Crippen LogP contribution is 2.28. The summed E-state index contributed by atoms with van der Waals surface area (Å²) in [5.41, 5.74) is 3.18. The zero-order valence-corrected chi connectivity index (χ0v) is 13.2. The first-order valence-corrected chi connectivity index (χ1v) is 6.93. The molecule has 0 aliphatic rings. The molecule has 0 saturated carbocycles. The van der Waals surface area contributed by atoms with Crippen LogP contribution in [-0.2, 0) is 6.54 Å². The Hall–Kier alpha value is -2.01. The largest absolute Gasteiger partial charge is 0.493 e. The Labute approximate surface area is 125 Å². The molecule has 1 aromatic carbocycles. The molecule has 0 radical (unpaired) electrons. The average molecular weight is 290 g/mol. The van der Waals surface area contributed by atoms with Gasteiger partial charge in [0.25, 0.3) is 0 Å². The van der Waals surface area contributed by atoms with Gasteiger partial charge < -0.3 is 19.3 Å². The van der Waals surface area contributed by atoms with E-state index in [2.05, 4.69) is 17.4 Å². The van der Waals surface area contributed by atoms with Gasteiger partial charge in [-0.15, -0.1) is 0 Å². The van der Waals surface area contributed by atoms with Gasteiger partial charge in [0.15, 0.2) is 11.5 Å². The molecule has 1 aromatic heterocycles. The number of nitrogens with one attached hydrogen (secondary N) is 1. The minimum atomic E-state index is 0.171. The number of nitrogens with zero attached hydrogens (tertiary/aromatic N) is 1. The summed E-state index contributed by atoms with van der Waals surface area (Å²) in [5, 5.41) is 7.47. The molecular weight excluding hydrogens is 268 g/mol. The molecule has 21 heavy (non-hydrogen) atoms. The normalized spacial score (nSPS) is 12.2. The first-order valence-electron chi connectivity index (χ1n) is 6.93. The van der Waals surface area contributed by atoms with Crippen LogP contribution in [0.15, 0.2) is 22.7 Å². The lowest BCUT2D eigenvalue weighted by Crippen LogP contribution is -2.19. The summed E-state index contributed by atoms with van der Waals surface area (Å²) in [5.74, 6) is 2.33. The molecule has 1 atom stereocenters. The van der Waals surface area contributed by atoms with Crippen LogP contribution in [0, 0.1) is 13.8 Å². The van der Waals surface area contributed by atoms with Crippen LogP contribution in [0.4, 0.5) is 0 Å². The molecule has 114 valence electrons. The molecule has 0 saturated heterocycles. The first kappa shape index (κ1) is 15.4. The second-order valence-corrected chi connectivity index (χ2v) is 5.03. The summed E-state index contributed by atoms with van der Waals surface area (Å²) in [6.45, 7) is 6.73. The maximum Gasteiger partial charge on any atom is 0.161 e. The fraction of sp³-hybridized carbons (Fsp3) is 0.438. The lowest BCUT2D eigenvalue weighted by atomic mass is 10.1. The maximum atomic E-state index is 5.32. The number of hydrogen-bond acceptors (Lipinski definition) is 5. The van der Waals surface area contributed by atoms with Crippen LogP contribution in [-0.4, -0.2) is 19.4 Å². The second-order valence-electron chi connectivity index (χ2n) is 5.03. The minimum Gasteiger partial charge on any atom is -0.493 e. The Bertz CT molecular complexity index is 588.